The van der Waals surface area contributed by atoms with E-state index < -0.39 is 12.1 Å². The van der Waals surface area contributed by atoms with Crippen molar-refractivity contribution in [2.45, 2.75) is 19.0 Å². The number of hydrogen-bond donors (Lipinski definition) is 0. The Bertz CT molecular complexity index is 394. The third-order valence-electron chi connectivity index (χ3n) is 3.21. The summed E-state index contributed by atoms with van der Waals surface area (Å²) < 4.78 is 37.4. The molecular weight excluding hydrogens is 263 g/mol. The molecule has 100 valence electrons. The Kier molecular flexibility index (Phi) is 4.07. The van der Waals surface area contributed by atoms with Crippen molar-refractivity contribution in [1.29, 1.82) is 0 Å². The summed E-state index contributed by atoms with van der Waals surface area (Å²) in [5, 5.41) is 1.82. The SMILES string of the molecule is O=C(CN1CCC(C(F)(F)F)CC1)c1cccs1. The van der Waals surface area contributed by atoms with Crippen molar-refractivity contribution in [3.63, 3.8) is 0 Å². The van der Waals surface area contributed by atoms with Crippen molar-refractivity contribution >= 4 is 17.1 Å². The van der Waals surface area contributed by atoms with E-state index in [1.54, 1.807) is 12.1 Å². The van der Waals surface area contributed by atoms with E-state index in [0.717, 1.165) is 0 Å². The average molecular weight is 277 g/mol. The molecule has 0 spiro atoms. The molecule has 1 aromatic heterocycles. The van der Waals surface area contributed by atoms with E-state index in [2.05, 4.69) is 0 Å². The molecule has 6 heteroatoms. The largest absolute Gasteiger partial charge is 0.391 e. The van der Waals surface area contributed by atoms with Crippen LogP contribution in [0.3, 0.4) is 0 Å². The van der Waals surface area contributed by atoms with E-state index in [0.29, 0.717) is 18.0 Å². The highest BCUT2D eigenvalue weighted by molar-refractivity contribution is 7.12. The number of nitrogens with zero attached hydrogens (tertiary/aromatic N) is 1. The van der Waals surface area contributed by atoms with Gasteiger partial charge in [0.05, 0.1) is 17.3 Å². The van der Waals surface area contributed by atoms with Gasteiger partial charge in [-0.25, -0.2) is 0 Å². The zero-order valence-corrected chi connectivity index (χ0v) is 10.6. The number of ketones is 1. The Labute approximate surface area is 107 Å². The molecule has 0 aliphatic carbocycles. The van der Waals surface area contributed by atoms with E-state index >= 15 is 0 Å². The summed E-state index contributed by atoms with van der Waals surface area (Å²) in [6.07, 6.45) is -3.90. The summed E-state index contributed by atoms with van der Waals surface area (Å²) in [4.78, 5) is 14.3. The minimum absolute atomic E-state index is 0.00420. The summed E-state index contributed by atoms with van der Waals surface area (Å²) >= 11 is 1.37. The molecule has 2 nitrogen and oxygen atoms in total. The number of piperidine rings is 1. The van der Waals surface area contributed by atoms with Crippen molar-refractivity contribution in [2.24, 2.45) is 5.92 Å². The smallest absolute Gasteiger partial charge is 0.296 e. The molecule has 0 aromatic carbocycles. The van der Waals surface area contributed by atoms with E-state index in [-0.39, 0.29) is 25.2 Å². The number of carbonyl (C=O) groups excluding carboxylic acids is 1. The molecule has 1 aromatic rings. The number of halogens is 3. The first-order valence-electron chi connectivity index (χ1n) is 5.82. The molecule has 2 heterocycles. The van der Waals surface area contributed by atoms with Crippen molar-refractivity contribution in [3.05, 3.63) is 22.4 Å². The van der Waals surface area contributed by atoms with Gasteiger partial charge in [-0.2, -0.15) is 13.2 Å². The van der Waals surface area contributed by atoms with Crippen LogP contribution in [0.15, 0.2) is 17.5 Å². The second-order valence-corrected chi connectivity index (χ2v) is 5.44. The normalized spacial score (nSPS) is 19.1. The fourth-order valence-corrected chi connectivity index (χ4v) is 2.79. The summed E-state index contributed by atoms with van der Waals surface area (Å²) in [5.41, 5.74) is 0. The minimum atomic E-state index is -4.09. The second kappa shape index (κ2) is 5.40. The standard InChI is InChI=1S/C12H14F3NOS/c13-12(14,15)9-3-5-16(6-4-9)8-10(17)11-2-1-7-18-11/h1-2,7,9H,3-6,8H2. The molecule has 0 unspecified atom stereocenters. The zero-order chi connectivity index (χ0) is 13.2. The molecule has 1 saturated heterocycles. The molecule has 1 fully saturated rings. The molecule has 0 radical (unpaired) electrons. The summed E-state index contributed by atoms with van der Waals surface area (Å²) in [6, 6.07) is 3.54. The maximum absolute atomic E-state index is 12.5. The van der Waals surface area contributed by atoms with Gasteiger partial charge in [-0.05, 0) is 37.4 Å². The highest BCUT2D eigenvalue weighted by Crippen LogP contribution is 2.34. The lowest BCUT2D eigenvalue weighted by molar-refractivity contribution is -0.184. The first-order valence-corrected chi connectivity index (χ1v) is 6.70. The van der Waals surface area contributed by atoms with Gasteiger partial charge in [-0.3, -0.25) is 9.69 Å². The number of carbonyl (C=O) groups is 1. The van der Waals surface area contributed by atoms with E-state index in [1.165, 1.54) is 11.3 Å². The summed E-state index contributed by atoms with van der Waals surface area (Å²) in [7, 11) is 0. The van der Waals surface area contributed by atoms with Crippen LogP contribution in [0.1, 0.15) is 22.5 Å². The van der Waals surface area contributed by atoms with Gasteiger partial charge in [0, 0.05) is 0 Å². The lowest BCUT2D eigenvalue weighted by Crippen LogP contribution is -2.41. The number of hydrogen-bond acceptors (Lipinski definition) is 3. The van der Waals surface area contributed by atoms with Gasteiger partial charge in [0.25, 0.3) is 0 Å². The Hall–Kier alpha value is -0.880. The number of Topliss-reactive ketones (excluding diaryl/α,β-unsaturated/α-hetero) is 1. The van der Waals surface area contributed by atoms with Crippen LogP contribution in [-0.4, -0.2) is 36.5 Å². The molecule has 18 heavy (non-hydrogen) atoms. The second-order valence-electron chi connectivity index (χ2n) is 4.49. The van der Waals surface area contributed by atoms with Crippen molar-refractivity contribution in [3.8, 4) is 0 Å². The fourth-order valence-electron chi connectivity index (χ4n) is 2.14. The van der Waals surface area contributed by atoms with E-state index in [1.807, 2.05) is 10.3 Å². The topological polar surface area (TPSA) is 20.3 Å². The van der Waals surface area contributed by atoms with Crippen LogP contribution in [-0.2, 0) is 0 Å². The molecular formula is C12H14F3NOS. The first kappa shape index (κ1) is 13.5. The summed E-state index contributed by atoms with van der Waals surface area (Å²) in [5.74, 6) is -1.21. The van der Waals surface area contributed by atoms with Gasteiger partial charge >= 0.3 is 6.18 Å². The van der Waals surface area contributed by atoms with Gasteiger partial charge in [-0.1, -0.05) is 6.07 Å². The van der Waals surface area contributed by atoms with Crippen LogP contribution < -0.4 is 0 Å². The maximum Gasteiger partial charge on any atom is 0.391 e. The number of alkyl halides is 3. The Morgan fingerprint density at radius 2 is 2.06 bits per heavy atom. The zero-order valence-electron chi connectivity index (χ0n) is 9.74. The predicted octanol–water partition coefficient (Wildman–Crippen LogP) is 3.21. The summed E-state index contributed by atoms with van der Waals surface area (Å²) in [6.45, 7) is 0.924. The molecule has 1 aliphatic heterocycles. The predicted molar refractivity (Wildman–Crippen MR) is 63.9 cm³/mol. The molecule has 0 bridgehead atoms. The Balaban J connectivity index is 1.82. The van der Waals surface area contributed by atoms with Crippen LogP contribution in [0, 0.1) is 5.92 Å². The van der Waals surface area contributed by atoms with E-state index in [4.69, 9.17) is 0 Å². The molecule has 0 atom stereocenters. The van der Waals surface area contributed by atoms with Gasteiger partial charge in [0.15, 0.2) is 5.78 Å². The molecule has 0 amide bonds. The molecule has 2 rings (SSSR count). The van der Waals surface area contributed by atoms with Gasteiger partial charge < -0.3 is 0 Å². The molecule has 0 saturated carbocycles. The Morgan fingerprint density at radius 1 is 1.39 bits per heavy atom. The van der Waals surface area contributed by atoms with Crippen molar-refractivity contribution in [2.75, 3.05) is 19.6 Å². The van der Waals surface area contributed by atoms with Gasteiger partial charge in [-0.15, -0.1) is 11.3 Å². The quantitative estimate of drug-likeness (QED) is 0.791. The number of thiophene rings is 1. The van der Waals surface area contributed by atoms with Crippen LogP contribution in [0.5, 0.6) is 0 Å². The van der Waals surface area contributed by atoms with Crippen LogP contribution in [0.2, 0.25) is 0 Å². The average Bonchev–Trinajstić information content (AvgIpc) is 2.82. The lowest BCUT2D eigenvalue weighted by atomic mass is 9.96. The number of rotatable bonds is 3. The first-order chi connectivity index (χ1) is 8.47. The van der Waals surface area contributed by atoms with Crippen molar-refractivity contribution < 1.29 is 18.0 Å². The highest BCUT2D eigenvalue weighted by Gasteiger charge is 2.41. The van der Waals surface area contributed by atoms with Crippen LogP contribution >= 0.6 is 11.3 Å². The third kappa shape index (κ3) is 3.32. The van der Waals surface area contributed by atoms with Gasteiger partial charge in [0.1, 0.15) is 0 Å². The highest BCUT2D eigenvalue weighted by atomic mass is 32.1. The minimum Gasteiger partial charge on any atom is -0.296 e. The maximum atomic E-state index is 12.5. The Morgan fingerprint density at radius 3 is 2.56 bits per heavy atom. The third-order valence-corrected chi connectivity index (χ3v) is 4.12. The van der Waals surface area contributed by atoms with E-state index in [9.17, 15) is 18.0 Å². The number of likely N-dealkylation sites (tertiary alicyclic amines) is 1. The molecule has 1 aliphatic rings. The molecule has 0 N–H and O–H groups in total. The van der Waals surface area contributed by atoms with Crippen LogP contribution in [0.25, 0.3) is 0 Å². The van der Waals surface area contributed by atoms with Crippen molar-refractivity contribution in [1.82, 2.24) is 4.90 Å². The monoisotopic (exact) mass is 277 g/mol. The van der Waals surface area contributed by atoms with Crippen LogP contribution in [0.4, 0.5) is 13.2 Å². The lowest BCUT2D eigenvalue weighted by Gasteiger charge is -2.32. The van der Waals surface area contributed by atoms with Gasteiger partial charge in [0.2, 0.25) is 0 Å². The fraction of sp³-hybridized carbons (Fsp3) is 0.583.